The highest BCUT2D eigenvalue weighted by Gasteiger charge is 2.10. The molecule has 1 aromatic heterocycles. The summed E-state index contributed by atoms with van der Waals surface area (Å²) in [5.41, 5.74) is 2.57. The third-order valence-corrected chi connectivity index (χ3v) is 3.83. The standard InChI is InChI=1S/C14H8BrClN2O2/c15-10-6-9(16)2-4-12(10)18-7-17-11-5-8(14(19)20)1-3-13(11)18/h1-7H,(H,19,20). The van der Waals surface area contributed by atoms with Crippen LogP contribution >= 0.6 is 27.5 Å². The smallest absolute Gasteiger partial charge is 0.335 e. The normalized spacial score (nSPS) is 10.9. The van der Waals surface area contributed by atoms with Gasteiger partial charge in [-0.05, 0) is 52.3 Å². The number of carboxylic acids is 1. The van der Waals surface area contributed by atoms with Crippen molar-refractivity contribution < 1.29 is 9.90 Å². The SMILES string of the molecule is O=C(O)c1ccc2c(c1)ncn2-c1ccc(Cl)cc1Br. The van der Waals surface area contributed by atoms with Crippen molar-refractivity contribution in [3.63, 3.8) is 0 Å². The van der Waals surface area contributed by atoms with Gasteiger partial charge in [-0.15, -0.1) is 0 Å². The Kier molecular flexibility index (Phi) is 3.23. The molecule has 0 saturated carbocycles. The van der Waals surface area contributed by atoms with Crippen LogP contribution < -0.4 is 0 Å². The van der Waals surface area contributed by atoms with Gasteiger partial charge in [-0.25, -0.2) is 9.78 Å². The molecule has 0 fully saturated rings. The first-order chi connectivity index (χ1) is 9.56. The Morgan fingerprint density at radius 1 is 1.25 bits per heavy atom. The number of benzene rings is 2. The number of hydrogen-bond donors (Lipinski definition) is 1. The maximum absolute atomic E-state index is 11.0. The lowest BCUT2D eigenvalue weighted by Gasteiger charge is -2.07. The van der Waals surface area contributed by atoms with Crippen molar-refractivity contribution in [2.75, 3.05) is 0 Å². The van der Waals surface area contributed by atoms with Crippen LogP contribution in [0, 0.1) is 0 Å². The van der Waals surface area contributed by atoms with E-state index in [1.54, 1.807) is 36.7 Å². The minimum absolute atomic E-state index is 0.220. The number of carboxylic acid groups (broad SMARTS) is 1. The Morgan fingerprint density at radius 3 is 2.75 bits per heavy atom. The fourth-order valence-electron chi connectivity index (χ4n) is 2.01. The molecule has 6 heteroatoms. The van der Waals surface area contributed by atoms with E-state index < -0.39 is 5.97 Å². The van der Waals surface area contributed by atoms with Crippen molar-refractivity contribution >= 4 is 44.5 Å². The lowest BCUT2D eigenvalue weighted by Crippen LogP contribution is -1.96. The van der Waals surface area contributed by atoms with Gasteiger partial charge in [0.05, 0.1) is 22.3 Å². The molecule has 3 aromatic rings. The zero-order chi connectivity index (χ0) is 14.3. The molecule has 0 bridgehead atoms. The van der Waals surface area contributed by atoms with E-state index in [9.17, 15) is 4.79 Å². The maximum atomic E-state index is 11.0. The van der Waals surface area contributed by atoms with Crippen molar-refractivity contribution in [1.29, 1.82) is 0 Å². The first-order valence-corrected chi connectivity index (χ1v) is 6.89. The number of hydrogen-bond acceptors (Lipinski definition) is 2. The summed E-state index contributed by atoms with van der Waals surface area (Å²) in [6.45, 7) is 0. The summed E-state index contributed by atoms with van der Waals surface area (Å²) in [6.07, 6.45) is 1.66. The summed E-state index contributed by atoms with van der Waals surface area (Å²) in [5, 5.41) is 9.62. The van der Waals surface area contributed by atoms with Crippen LogP contribution in [-0.4, -0.2) is 20.6 Å². The molecule has 4 nitrogen and oxygen atoms in total. The number of carbonyl (C=O) groups is 1. The van der Waals surface area contributed by atoms with Crippen LogP contribution in [0.5, 0.6) is 0 Å². The molecule has 0 atom stereocenters. The van der Waals surface area contributed by atoms with Gasteiger partial charge in [0, 0.05) is 9.50 Å². The molecular weight excluding hydrogens is 344 g/mol. The van der Waals surface area contributed by atoms with E-state index >= 15 is 0 Å². The predicted molar refractivity (Wildman–Crippen MR) is 80.7 cm³/mol. The molecule has 0 radical (unpaired) electrons. The molecule has 100 valence electrons. The van der Waals surface area contributed by atoms with Crippen LogP contribution in [0.1, 0.15) is 10.4 Å². The van der Waals surface area contributed by atoms with Crippen LogP contribution in [0.4, 0.5) is 0 Å². The van der Waals surface area contributed by atoms with E-state index in [0.29, 0.717) is 10.5 Å². The Morgan fingerprint density at radius 2 is 2.05 bits per heavy atom. The quantitative estimate of drug-likeness (QED) is 0.755. The summed E-state index contributed by atoms with van der Waals surface area (Å²) in [4.78, 5) is 15.2. The fourth-order valence-corrected chi connectivity index (χ4v) is 2.89. The second kappa shape index (κ2) is 4.92. The lowest BCUT2D eigenvalue weighted by atomic mass is 10.2. The molecule has 0 saturated heterocycles. The molecule has 0 spiro atoms. The average molecular weight is 352 g/mol. The maximum Gasteiger partial charge on any atom is 0.335 e. The number of aromatic carboxylic acids is 1. The van der Waals surface area contributed by atoms with Crippen LogP contribution in [0.3, 0.4) is 0 Å². The molecule has 0 aliphatic rings. The monoisotopic (exact) mass is 350 g/mol. The highest BCUT2D eigenvalue weighted by atomic mass is 79.9. The molecule has 0 aliphatic heterocycles. The van der Waals surface area contributed by atoms with Crippen molar-refractivity contribution in [3.05, 3.63) is 57.8 Å². The number of nitrogens with zero attached hydrogens (tertiary/aromatic N) is 2. The van der Waals surface area contributed by atoms with Gasteiger partial charge in [0.25, 0.3) is 0 Å². The van der Waals surface area contributed by atoms with Gasteiger partial charge in [-0.2, -0.15) is 0 Å². The van der Waals surface area contributed by atoms with Gasteiger partial charge >= 0.3 is 5.97 Å². The first-order valence-electron chi connectivity index (χ1n) is 5.72. The van der Waals surface area contributed by atoms with Crippen LogP contribution in [0.25, 0.3) is 16.7 Å². The Balaban J connectivity index is 2.20. The van der Waals surface area contributed by atoms with Gasteiger partial charge in [0.2, 0.25) is 0 Å². The van der Waals surface area contributed by atoms with E-state index in [0.717, 1.165) is 15.7 Å². The summed E-state index contributed by atoms with van der Waals surface area (Å²) >= 11 is 9.40. The molecule has 2 aromatic carbocycles. The van der Waals surface area contributed by atoms with Gasteiger partial charge in [0.15, 0.2) is 0 Å². The Hall–Kier alpha value is -1.85. The zero-order valence-electron chi connectivity index (χ0n) is 10.0. The summed E-state index contributed by atoms with van der Waals surface area (Å²) in [5.74, 6) is -0.964. The fraction of sp³-hybridized carbons (Fsp3) is 0. The van der Waals surface area contributed by atoms with Crippen LogP contribution in [0.15, 0.2) is 47.2 Å². The number of fused-ring (bicyclic) bond motifs is 1. The van der Waals surface area contributed by atoms with Crippen LogP contribution in [-0.2, 0) is 0 Å². The van der Waals surface area contributed by atoms with Gasteiger partial charge in [-0.1, -0.05) is 11.6 Å². The largest absolute Gasteiger partial charge is 0.478 e. The van der Waals surface area contributed by atoms with Gasteiger partial charge < -0.3 is 5.11 Å². The molecule has 20 heavy (non-hydrogen) atoms. The van der Waals surface area contributed by atoms with Gasteiger partial charge in [-0.3, -0.25) is 4.57 Å². The summed E-state index contributed by atoms with van der Waals surface area (Å²) in [7, 11) is 0. The summed E-state index contributed by atoms with van der Waals surface area (Å²) in [6, 6.07) is 10.3. The molecule has 1 heterocycles. The van der Waals surface area contributed by atoms with E-state index in [4.69, 9.17) is 16.7 Å². The van der Waals surface area contributed by atoms with Crippen molar-refractivity contribution in [2.24, 2.45) is 0 Å². The molecule has 0 unspecified atom stereocenters. The third kappa shape index (κ3) is 2.19. The molecule has 1 N–H and O–H groups in total. The second-order valence-electron chi connectivity index (χ2n) is 4.22. The molecule has 0 aliphatic carbocycles. The molecule has 3 rings (SSSR count). The van der Waals surface area contributed by atoms with E-state index in [-0.39, 0.29) is 5.56 Å². The summed E-state index contributed by atoms with van der Waals surface area (Å²) < 4.78 is 2.72. The van der Waals surface area contributed by atoms with E-state index in [1.165, 1.54) is 0 Å². The van der Waals surface area contributed by atoms with E-state index in [1.807, 2.05) is 10.6 Å². The zero-order valence-corrected chi connectivity index (χ0v) is 12.4. The Labute approximate surface area is 127 Å². The minimum Gasteiger partial charge on any atom is -0.478 e. The highest BCUT2D eigenvalue weighted by Crippen LogP contribution is 2.27. The van der Waals surface area contributed by atoms with Crippen molar-refractivity contribution in [1.82, 2.24) is 9.55 Å². The topological polar surface area (TPSA) is 55.1 Å². The third-order valence-electron chi connectivity index (χ3n) is 2.96. The second-order valence-corrected chi connectivity index (χ2v) is 5.51. The highest BCUT2D eigenvalue weighted by molar-refractivity contribution is 9.10. The van der Waals surface area contributed by atoms with E-state index in [2.05, 4.69) is 20.9 Å². The van der Waals surface area contributed by atoms with Gasteiger partial charge in [0.1, 0.15) is 6.33 Å². The molecular formula is C14H8BrClN2O2. The number of halogens is 2. The van der Waals surface area contributed by atoms with Crippen molar-refractivity contribution in [2.45, 2.75) is 0 Å². The average Bonchev–Trinajstić information content (AvgIpc) is 2.81. The number of imidazole rings is 1. The lowest BCUT2D eigenvalue weighted by molar-refractivity contribution is 0.0697. The number of aromatic nitrogens is 2. The predicted octanol–water partition coefficient (Wildman–Crippen LogP) is 4.14. The van der Waals surface area contributed by atoms with Crippen LogP contribution in [0.2, 0.25) is 5.02 Å². The number of rotatable bonds is 2. The minimum atomic E-state index is -0.964. The Bertz CT molecular complexity index is 829. The first kappa shape index (κ1) is 13.1. The molecule has 0 amide bonds. The van der Waals surface area contributed by atoms with Crippen molar-refractivity contribution in [3.8, 4) is 5.69 Å².